The van der Waals surface area contributed by atoms with Gasteiger partial charge in [0.15, 0.2) is 0 Å². The summed E-state index contributed by atoms with van der Waals surface area (Å²) < 4.78 is 2.03. The lowest BCUT2D eigenvalue weighted by molar-refractivity contribution is 0.580. The van der Waals surface area contributed by atoms with E-state index in [4.69, 9.17) is 0 Å². The first kappa shape index (κ1) is 15.6. The summed E-state index contributed by atoms with van der Waals surface area (Å²) in [5, 5.41) is 9.37. The molecule has 0 saturated heterocycles. The maximum atomic E-state index is 4.54. The van der Waals surface area contributed by atoms with E-state index < -0.39 is 0 Å². The van der Waals surface area contributed by atoms with Gasteiger partial charge in [-0.15, -0.1) is 11.8 Å². The summed E-state index contributed by atoms with van der Waals surface area (Å²) >= 11 is 1.95. The molecule has 1 aromatic heterocycles. The summed E-state index contributed by atoms with van der Waals surface area (Å²) in [7, 11) is 2.05. The van der Waals surface area contributed by atoms with Gasteiger partial charge in [-0.05, 0) is 19.1 Å². The quantitative estimate of drug-likeness (QED) is 0.578. The lowest BCUT2D eigenvalue weighted by atomic mass is 10.2. The molecule has 0 bridgehead atoms. The van der Waals surface area contributed by atoms with Crippen LogP contribution in [0.5, 0.6) is 0 Å². The van der Waals surface area contributed by atoms with Crippen LogP contribution in [0.15, 0.2) is 5.03 Å². The standard InChI is InChI=1S/C14H27N3S/c1-6-7-8-9-18-14-13(10-15-11(2)3)12(4)16-17(14)5/h11,15H,6-10H2,1-5H3. The largest absolute Gasteiger partial charge is 0.310 e. The van der Waals surface area contributed by atoms with Crippen LogP contribution in [-0.4, -0.2) is 21.6 Å². The van der Waals surface area contributed by atoms with Gasteiger partial charge in [0, 0.05) is 25.2 Å². The zero-order chi connectivity index (χ0) is 13.5. The first-order valence-corrected chi connectivity index (χ1v) is 7.93. The van der Waals surface area contributed by atoms with Crippen molar-refractivity contribution in [3.63, 3.8) is 0 Å². The van der Waals surface area contributed by atoms with E-state index >= 15 is 0 Å². The first-order valence-electron chi connectivity index (χ1n) is 6.94. The molecule has 0 spiro atoms. The summed E-state index contributed by atoms with van der Waals surface area (Å²) in [6.07, 6.45) is 3.90. The maximum Gasteiger partial charge on any atom is 0.0984 e. The summed E-state index contributed by atoms with van der Waals surface area (Å²) in [4.78, 5) is 0. The zero-order valence-corrected chi connectivity index (χ0v) is 13.2. The Bertz CT molecular complexity index is 358. The predicted molar refractivity (Wildman–Crippen MR) is 80.2 cm³/mol. The lowest BCUT2D eigenvalue weighted by Crippen LogP contribution is -2.22. The summed E-state index contributed by atoms with van der Waals surface area (Å²) in [5.41, 5.74) is 2.52. The first-order chi connectivity index (χ1) is 8.56. The number of thioether (sulfide) groups is 1. The average molecular weight is 269 g/mol. The van der Waals surface area contributed by atoms with Gasteiger partial charge < -0.3 is 5.32 Å². The number of aromatic nitrogens is 2. The topological polar surface area (TPSA) is 29.9 Å². The molecule has 1 rings (SSSR count). The van der Waals surface area contributed by atoms with Crippen molar-refractivity contribution in [1.82, 2.24) is 15.1 Å². The van der Waals surface area contributed by atoms with Gasteiger partial charge in [0.25, 0.3) is 0 Å². The Hall–Kier alpha value is -0.480. The van der Waals surface area contributed by atoms with Gasteiger partial charge in [-0.25, -0.2) is 0 Å². The molecular weight excluding hydrogens is 242 g/mol. The molecule has 1 heterocycles. The van der Waals surface area contributed by atoms with Crippen LogP contribution < -0.4 is 5.32 Å². The number of hydrogen-bond donors (Lipinski definition) is 1. The van der Waals surface area contributed by atoms with E-state index in [1.807, 2.05) is 23.5 Å². The maximum absolute atomic E-state index is 4.54. The highest BCUT2D eigenvalue weighted by molar-refractivity contribution is 7.99. The second-order valence-electron chi connectivity index (χ2n) is 5.08. The molecule has 18 heavy (non-hydrogen) atoms. The van der Waals surface area contributed by atoms with Crippen molar-refractivity contribution in [3.8, 4) is 0 Å². The van der Waals surface area contributed by atoms with Gasteiger partial charge in [-0.2, -0.15) is 5.10 Å². The van der Waals surface area contributed by atoms with Crippen molar-refractivity contribution in [2.75, 3.05) is 5.75 Å². The normalized spacial score (nSPS) is 11.4. The van der Waals surface area contributed by atoms with E-state index in [9.17, 15) is 0 Å². The highest BCUT2D eigenvalue weighted by Gasteiger charge is 2.13. The van der Waals surface area contributed by atoms with Crippen LogP contribution in [0.25, 0.3) is 0 Å². The fourth-order valence-corrected chi connectivity index (χ4v) is 3.06. The molecule has 0 aliphatic rings. The van der Waals surface area contributed by atoms with Crippen molar-refractivity contribution in [2.45, 2.75) is 64.6 Å². The molecule has 0 atom stereocenters. The Morgan fingerprint density at radius 1 is 1.33 bits per heavy atom. The van der Waals surface area contributed by atoms with Crippen LogP contribution in [0.4, 0.5) is 0 Å². The monoisotopic (exact) mass is 269 g/mol. The third-order valence-electron chi connectivity index (χ3n) is 2.96. The Morgan fingerprint density at radius 2 is 2.06 bits per heavy atom. The van der Waals surface area contributed by atoms with E-state index in [1.165, 1.54) is 35.6 Å². The van der Waals surface area contributed by atoms with Crippen LogP contribution in [0.1, 0.15) is 51.3 Å². The van der Waals surface area contributed by atoms with Crippen LogP contribution in [0.3, 0.4) is 0 Å². The highest BCUT2D eigenvalue weighted by atomic mass is 32.2. The summed E-state index contributed by atoms with van der Waals surface area (Å²) in [6.45, 7) is 9.64. The van der Waals surface area contributed by atoms with Crippen molar-refractivity contribution in [1.29, 1.82) is 0 Å². The summed E-state index contributed by atoms with van der Waals surface area (Å²) in [6, 6.07) is 0.516. The molecule has 1 N–H and O–H groups in total. The molecule has 0 radical (unpaired) electrons. The van der Waals surface area contributed by atoms with Gasteiger partial charge in [-0.1, -0.05) is 33.6 Å². The van der Waals surface area contributed by atoms with Gasteiger partial charge in [0.2, 0.25) is 0 Å². The van der Waals surface area contributed by atoms with E-state index in [-0.39, 0.29) is 0 Å². The van der Waals surface area contributed by atoms with Crippen molar-refractivity contribution in [3.05, 3.63) is 11.3 Å². The van der Waals surface area contributed by atoms with Gasteiger partial charge in [-0.3, -0.25) is 4.68 Å². The molecule has 0 aliphatic carbocycles. The fourth-order valence-electron chi connectivity index (χ4n) is 1.89. The minimum absolute atomic E-state index is 0.516. The number of nitrogens with zero attached hydrogens (tertiary/aromatic N) is 2. The van der Waals surface area contributed by atoms with E-state index in [0.29, 0.717) is 6.04 Å². The molecule has 3 nitrogen and oxygen atoms in total. The fraction of sp³-hybridized carbons (Fsp3) is 0.786. The highest BCUT2D eigenvalue weighted by Crippen LogP contribution is 2.26. The third-order valence-corrected chi connectivity index (χ3v) is 4.24. The minimum Gasteiger partial charge on any atom is -0.310 e. The smallest absolute Gasteiger partial charge is 0.0984 e. The molecule has 104 valence electrons. The van der Waals surface area contributed by atoms with Crippen LogP contribution >= 0.6 is 11.8 Å². The molecule has 4 heteroatoms. The Balaban J connectivity index is 2.63. The number of unbranched alkanes of at least 4 members (excludes halogenated alkanes) is 2. The van der Waals surface area contributed by atoms with E-state index in [2.05, 4.69) is 38.1 Å². The Morgan fingerprint density at radius 3 is 2.67 bits per heavy atom. The molecule has 0 saturated carbocycles. The number of rotatable bonds is 8. The van der Waals surface area contributed by atoms with Gasteiger partial charge in [0.05, 0.1) is 10.7 Å². The average Bonchev–Trinajstić information content (AvgIpc) is 2.57. The second-order valence-corrected chi connectivity index (χ2v) is 6.17. The van der Waals surface area contributed by atoms with E-state index in [0.717, 1.165) is 12.2 Å². The zero-order valence-electron chi connectivity index (χ0n) is 12.4. The predicted octanol–water partition coefficient (Wildman–Crippen LogP) is 3.51. The van der Waals surface area contributed by atoms with E-state index in [1.54, 1.807) is 0 Å². The minimum atomic E-state index is 0.516. The van der Waals surface area contributed by atoms with Crippen molar-refractivity contribution in [2.24, 2.45) is 7.05 Å². The molecule has 0 unspecified atom stereocenters. The lowest BCUT2D eigenvalue weighted by Gasteiger charge is -2.10. The van der Waals surface area contributed by atoms with Crippen molar-refractivity contribution >= 4 is 11.8 Å². The molecule has 1 aromatic rings. The number of nitrogens with one attached hydrogen (secondary N) is 1. The van der Waals surface area contributed by atoms with Crippen LogP contribution in [-0.2, 0) is 13.6 Å². The molecule has 0 aliphatic heterocycles. The molecular formula is C14H27N3S. The SMILES string of the molecule is CCCCCSc1c(CNC(C)C)c(C)nn1C. The van der Waals surface area contributed by atoms with Crippen molar-refractivity contribution < 1.29 is 0 Å². The van der Waals surface area contributed by atoms with Gasteiger partial charge in [0.1, 0.15) is 0 Å². The molecule has 0 fully saturated rings. The summed E-state index contributed by atoms with van der Waals surface area (Å²) in [5.74, 6) is 1.20. The van der Waals surface area contributed by atoms with Crippen LogP contribution in [0, 0.1) is 6.92 Å². The Kier molecular flexibility index (Phi) is 6.79. The van der Waals surface area contributed by atoms with Crippen LogP contribution in [0.2, 0.25) is 0 Å². The molecule has 0 aromatic carbocycles. The Labute approximate surface area is 116 Å². The molecule has 0 amide bonds. The van der Waals surface area contributed by atoms with Gasteiger partial charge >= 0.3 is 0 Å². The third kappa shape index (κ3) is 4.65. The number of aryl methyl sites for hydroxylation is 2. The number of hydrogen-bond acceptors (Lipinski definition) is 3. The second kappa shape index (κ2) is 7.85.